The average molecular weight is 438 g/mol. The highest BCUT2D eigenvalue weighted by atomic mass is 16.1. The molecule has 33 heavy (non-hydrogen) atoms. The zero-order valence-corrected chi connectivity index (χ0v) is 18.9. The first-order valence-corrected chi connectivity index (χ1v) is 11.2. The number of rotatable bonds is 5. The second-order valence-electron chi connectivity index (χ2n) is 8.68. The number of hydrogen-bond donors (Lipinski definition) is 1. The number of anilines is 2. The normalized spacial score (nSPS) is 15.8. The Morgan fingerprint density at radius 3 is 2.45 bits per heavy atom. The predicted octanol–water partition coefficient (Wildman–Crippen LogP) is 4.69. The lowest BCUT2D eigenvalue weighted by Gasteiger charge is -2.21. The maximum atomic E-state index is 12.8. The summed E-state index contributed by atoms with van der Waals surface area (Å²) in [6, 6.07) is 24.0. The molecule has 1 fully saturated rings. The van der Waals surface area contributed by atoms with Gasteiger partial charge in [-0.2, -0.15) is 0 Å². The van der Waals surface area contributed by atoms with Crippen molar-refractivity contribution in [3.05, 3.63) is 84.6 Å². The van der Waals surface area contributed by atoms with E-state index in [0.29, 0.717) is 17.3 Å². The van der Waals surface area contributed by atoms with Crippen LogP contribution < -0.4 is 10.2 Å². The standard InChI is InChI=1S/C27H27N5O/c1-31(2)23-14-15-32(18-23)26-17-28-25-16-22(12-13-24(25)30-26)29-27(33)21-10-8-20(9-11-21)19-6-4-3-5-7-19/h3-13,16-17,23H,14-15,18H2,1-2H3,(H,29,33)/t23-/m1/s1. The maximum absolute atomic E-state index is 12.8. The fourth-order valence-corrected chi connectivity index (χ4v) is 4.25. The third-order valence-electron chi connectivity index (χ3n) is 6.26. The van der Waals surface area contributed by atoms with Crippen LogP contribution >= 0.6 is 0 Å². The van der Waals surface area contributed by atoms with Gasteiger partial charge in [-0.05, 0) is 62.0 Å². The van der Waals surface area contributed by atoms with Crippen LogP contribution in [0.5, 0.6) is 0 Å². The van der Waals surface area contributed by atoms with Crippen molar-refractivity contribution >= 4 is 28.4 Å². The third-order valence-corrected chi connectivity index (χ3v) is 6.26. The number of carbonyl (C=O) groups excluding carboxylic acids is 1. The fourth-order valence-electron chi connectivity index (χ4n) is 4.25. The van der Waals surface area contributed by atoms with Crippen LogP contribution in [0.2, 0.25) is 0 Å². The molecule has 1 aliphatic rings. The molecular weight excluding hydrogens is 410 g/mol. The van der Waals surface area contributed by atoms with Crippen LogP contribution in [0.1, 0.15) is 16.8 Å². The Labute approximate surface area is 193 Å². The lowest BCUT2D eigenvalue weighted by molar-refractivity contribution is 0.102. The summed E-state index contributed by atoms with van der Waals surface area (Å²) in [4.78, 5) is 26.7. The number of hydrogen-bond acceptors (Lipinski definition) is 5. The quantitative estimate of drug-likeness (QED) is 0.491. The Kier molecular flexibility index (Phi) is 5.75. The van der Waals surface area contributed by atoms with Crippen molar-refractivity contribution in [1.82, 2.24) is 14.9 Å². The smallest absolute Gasteiger partial charge is 0.255 e. The summed E-state index contributed by atoms with van der Waals surface area (Å²) in [5, 5.41) is 2.97. The number of likely N-dealkylation sites (N-methyl/N-ethyl adjacent to an activating group) is 1. The number of aromatic nitrogens is 2. The summed E-state index contributed by atoms with van der Waals surface area (Å²) in [7, 11) is 4.24. The molecule has 4 aromatic rings. The highest BCUT2D eigenvalue weighted by Crippen LogP contribution is 2.24. The first kappa shape index (κ1) is 21.1. The molecule has 3 aromatic carbocycles. The number of carbonyl (C=O) groups is 1. The molecule has 1 aliphatic heterocycles. The zero-order valence-electron chi connectivity index (χ0n) is 18.9. The van der Waals surface area contributed by atoms with Crippen molar-refractivity contribution < 1.29 is 4.79 Å². The zero-order chi connectivity index (χ0) is 22.8. The monoisotopic (exact) mass is 437 g/mol. The van der Waals surface area contributed by atoms with Crippen LogP contribution in [0.25, 0.3) is 22.2 Å². The number of nitrogens with zero attached hydrogens (tertiary/aromatic N) is 4. The Bertz CT molecular complexity index is 1270. The molecule has 0 bridgehead atoms. The Hall–Kier alpha value is -3.77. The van der Waals surface area contributed by atoms with Gasteiger partial charge in [0.1, 0.15) is 5.82 Å². The van der Waals surface area contributed by atoms with Gasteiger partial charge in [0.05, 0.1) is 17.2 Å². The van der Waals surface area contributed by atoms with Gasteiger partial charge in [0.25, 0.3) is 5.91 Å². The highest BCUT2D eigenvalue weighted by Gasteiger charge is 2.25. The molecule has 0 saturated carbocycles. The van der Waals surface area contributed by atoms with E-state index in [-0.39, 0.29) is 5.91 Å². The first-order valence-electron chi connectivity index (χ1n) is 11.2. The molecule has 166 valence electrons. The van der Waals surface area contributed by atoms with E-state index in [1.54, 1.807) is 0 Å². The van der Waals surface area contributed by atoms with Crippen molar-refractivity contribution in [2.24, 2.45) is 0 Å². The van der Waals surface area contributed by atoms with Gasteiger partial charge in [0.2, 0.25) is 0 Å². The van der Waals surface area contributed by atoms with Gasteiger partial charge < -0.3 is 15.1 Å². The summed E-state index contributed by atoms with van der Waals surface area (Å²) in [5.74, 6) is 0.757. The first-order chi connectivity index (χ1) is 16.1. The van der Waals surface area contributed by atoms with Gasteiger partial charge >= 0.3 is 0 Å². The molecule has 5 rings (SSSR count). The molecule has 1 saturated heterocycles. The van der Waals surface area contributed by atoms with E-state index in [9.17, 15) is 4.79 Å². The van der Waals surface area contributed by atoms with Crippen molar-refractivity contribution in [3.63, 3.8) is 0 Å². The van der Waals surface area contributed by atoms with Crippen LogP contribution in [-0.2, 0) is 0 Å². The minimum atomic E-state index is -0.148. The van der Waals surface area contributed by atoms with E-state index in [1.807, 2.05) is 66.9 Å². The van der Waals surface area contributed by atoms with Crippen LogP contribution in [-0.4, -0.2) is 54.0 Å². The minimum absolute atomic E-state index is 0.148. The SMILES string of the molecule is CN(C)[C@@H]1CCN(c2cnc3cc(NC(=O)c4ccc(-c5ccccc5)cc4)ccc3n2)C1. The van der Waals surface area contributed by atoms with E-state index < -0.39 is 0 Å². The maximum Gasteiger partial charge on any atom is 0.255 e. The van der Waals surface area contributed by atoms with E-state index in [2.05, 4.69) is 46.3 Å². The summed E-state index contributed by atoms with van der Waals surface area (Å²) >= 11 is 0. The van der Waals surface area contributed by atoms with Crippen molar-refractivity contribution in [3.8, 4) is 11.1 Å². The summed E-state index contributed by atoms with van der Waals surface area (Å²) in [6.07, 6.45) is 2.96. The van der Waals surface area contributed by atoms with Crippen molar-refractivity contribution in [1.29, 1.82) is 0 Å². The molecule has 0 aliphatic carbocycles. The van der Waals surface area contributed by atoms with E-state index in [4.69, 9.17) is 4.98 Å². The second-order valence-corrected chi connectivity index (χ2v) is 8.68. The van der Waals surface area contributed by atoms with Gasteiger partial charge in [-0.25, -0.2) is 4.98 Å². The molecule has 0 radical (unpaired) electrons. The molecule has 6 heteroatoms. The topological polar surface area (TPSA) is 61.4 Å². The fraction of sp³-hybridized carbons (Fsp3) is 0.222. The van der Waals surface area contributed by atoms with Gasteiger partial charge in [0.15, 0.2) is 0 Å². The predicted molar refractivity (Wildman–Crippen MR) is 134 cm³/mol. The van der Waals surface area contributed by atoms with E-state index in [1.165, 1.54) is 0 Å². The Morgan fingerprint density at radius 1 is 0.970 bits per heavy atom. The van der Waals surface area contributed by atoms with Crippen LogP contribution in [0.3, 0.4) is 0 Å². The van der Waals surface area contributed by atoms with E-state index >= 15 is 0 Å². The highest BCUT2D eigenvalue weighted by molar-refractivity contribution is 6.05. The Morgan fingerprint density at radius 2 is 1.73 bits per heavy atom. The summed E-state index contributed by atoms with van der Waals surface area (Å²) < 4.78 is 0. The van der Waals surface area contributed by atoms with E-state index in [0.717, 1.165) is 47.5 Å². The summed E-state index contributed by atoms with van der Waals surface area (Å²) in [5.41, 5.74) is 5.11. The molecular formula is C27H27N5O. The van der Waals surface area contributed by atoms with Gasteiger partial charge in [-0.1, -0.05) is 42.5 Å². The number of amides is 1. The third kappa shape index (κ3) is 4.56. The molecule has 0 spiro atoms. The Balaban J connectivity index is 1.29. The lowest BCUT2D eigenvalue weighted by Crippen LogP contribution is -2.31. The molecule has 1 aromatic heterocycles. The molecule has 1 N–H and O–H groups in total. The number of fused-ring (bicyclic) bond motifs is 1. The molecule has 1 amide bonds. The minimum Gasteiger partial charge on any atom is -0.354 e. The van der Waals surface area contributed by atoms with Gasteiger partial charge in [-0.15, -0.1) is 0 Å². The van der Waals surface area contributed by atoms with Crippen LogP contribution in [0, 0.1) is 0 Å². The van der Waals surface area contributed by atoms with Crippen LogP contribution in [0.4, 0.5) is 11.5 Å². The number of nitrogens with one attached hydrogen (secondary N) is 1. The van der Waals surface area contributed by atoms with Gasteiger partial charge in [-0.3, -0.25) is 9.78 Å². The average Bonchev–Trinajstić information content (AvgIpc) is 3.35. The van der Waals surface area contributed by atoms with Crippen LogP contribution in [0.15, 0.2) is 79.0 Å². The largest absolute Gasteiger partial charge is 0.354 e. The summed E-state index contributed by atoms with van der Waals surface area (Å²) in [6.45, 7) is 1.95. The second kappa shape index (κ2) is 9.00. The van der Waals surface area contributed by atoms with Gasteiger partial charge in [0, 0.05) is 30.4 Å². The molecule has 2 heterocycles. The lowest BCUT2D eigenvalue weighted by atomic mass is 10.0. The van der Waals surface area contributed by atoms with Crippen molar-refractivity contribution in [2.45, 2.75) is 12.5 Å². The molecule has 1 atom stereocenters. The number of benzene rings is 3. The molecule has 0 unspecified atom stereocenters. The molecule has 6 nitrogen and oxygen atoms in total. The van der Waals surface area contributed by atoms with Crippen molar-refractivity contribution in [2.75, 3.05) is 37.4 Å².